The van der Waals surface area contributed by atoms with Crippen molar-refractivity contribution in [2.75, 3.05) is 0 Å². The standard InChI is InChI=1S/C10H22.C4H6O2/c1-3-5-7-9-10-8-6-4-2;1-3(2)4(5)6/h3-10H2,1-2H3;1H2,2H3,(H,5,6). The van der Waals surface area contributed by atoms with E-state index in [9.17, 15) is 4.79 Å². The van der Waals surface area contributed by atoms with Gasteiger partial charge in [-0.3, -0.25) is 0 Å². The average molecular weight is 228 g/mol. The van der Waals surface area contributed by atoms with Gasteiger partial charge < -0.3 is 5.11 Å². The summed E-state index contributed by atoms with van der Waals surface area (Å²) in [4.78, 5) is 9.60. The summed E-state index contributed by atoms with van der Waals surface area (Å²) in [5.74, 6) is -0.935. The summed E-state index contributed by atoms with van der Waals surface area (Å²) in [5, 5.41) is 7.89. The van der Waals surface area contributed by atoms with Gasteiger partial charge in [-0.1, -0.05) is 71.8 Å². The van der Waals surface area contributed by atoms with Crippen molar-refractivity contribution in [2.24, 2.45) is 0 Å². The van der Waals surface area contributed by atoms with Crippen LogP contribution in [0.4, 0.5) is 0 Å². The highest BCUT2D eigenvalue weighted by atomic mass is 16.4. The quantitative estimate of drug-likeness (QED) is 0.479. The Morgan fingerprint density at radius 1 is 0.938 bits per heavy atom. The second-order valence-corrected chi connectivity index (χ2v) is 4.21. The molecule has 0 radical (unpaired) electrons. The summed E-state index contributed by atoms with van der Waals surface area (Å²) in [7, 11) is 0. The average Bonchev–Trinajstić information content (AvgIpc) is 2.24. The summed E-state index contributed by atoms with van der Waals surface area (Å²) in [6, 6.07) is 0. The number of unbranched alkanes of at least 4 members (excludes halogenated alkanes) is 7. The lowest BCUT2D eigenvalue weighted by atomic mass is 10.1. The molecule has 0 unspecified atom stereocenters. The Hall–Kier alpha value is -0.790. The van der Waals surface area contributed by atoms with Gasteiger partial charge in [0.2, 0.25) is 0 Å². The maximum absolute atomic E-state index is 9.60. The first kappa shape index (κ1) is 17.6. The van der Waals surface area contributed by atoms with E-state index in [1.165, 1.54) is 58.3 Å². The highest BCUT2D eigenvalue weighted by molar-refractivity contribution is 5.84. The van der Waals surface area contributed by atoms with Crippen LogP contribution in [-0.4, -0.2) is 11.1 Å². The molecular weight excluding hydrogens is 200 g/mol. The zero-order valence-corrected chi connectivity index (χ0v) is 11.2. The first-order valence-corrected chi connectivity index (χ1v) is 6.45. The Balaban J connectivity index is 0. The van der Waals surface area contributed by atoms with Gasteiger partial charge in [0.25, 0.3) is 0 Å². The van der Waals surface area contributed by atoms with Crippen LogP contribution in [0.25, 0.3) is 0 Å². The maximum atomic E-state index is 9.60. The Bertz CT molecular complexity index is 154. The molecule has 2 heteroatoms. The Labute approximate surface area is 101 Å². The molecule has 0 rings (SSSR count). The highest BCUT2D eigenvalue weighted by Crippen LogP contribution is 2.07. The van der Waals surface area contributed by atoms with Crippen LogP contribution in [0.5, 0.6) is 0 Å². The lowest BCUT2D eigenvalue weighted by Crippen LogP contribution is -1.92. The fourth-order valence-electron chi connectivity index (χ4n) is 1.21. The monoisotopic (exact) mass is 228 g/mol. The van der Waals surface area contributed by atoms with Crippen molar-refractivity contribution in [1.82, 2.24) is 0 Å². The van der Waals surface area contributed by atoms with Gasteiger partial charge in [-0.15, -0.1) is 0 Å². The summed E-state index contributed by atoms with van der Waals surface area (Å²) in [6.45, 7) is 9.14. The number of carboxylic acid groups (broad SMARTS) is 1. The van der Waals surface area contributed by atoms with E-state index in [2.05, 4.69) is 20.4 Å². The molecule has 0 aliphatic heterocycles. The molecule has 0 aromatic carbocycles. The van der Waals surface area contributed by atoms with Crippen molar-refractivity contribution >= 4 is 5.97 Å². The minimum absolute atomic E-state index is 0.176. The molecule has 0 aromatic heterocycles. The molecular formula is C14H28O2. The van der Waals surface area contributed by atoms with E-state index in [1.54, 1.807) is 0 Å². The molecule has 0 fully saturated rings. The number of carbonyl (C=O) groups is 1. The van der Waals surface area contributed by atoms with Crippen molar-refractivity contribution in [3.63, 3.8) is 0 Å². The summed E-state index contributed by atoms with van der Waals surface area (Å²) in [5.41, 5.74) is 0.176. The maximum Gasteiger partial charge on any atom is 0.330 e. The van der Waals surface area contributed by atoms with Crippen LogP contribution in [0.1, 0.15) is 72.1 Å². The normalized spacial score (nSPS) is 9.19. The van der Waals surface area contributed by atoms with E-state index in [-0.39, 0.29) is 5.57 Å². The van der Waals surface area contributed by atoms with E-state index in [0.29, 0.717) is 0 Å². The molecule has 0 saturated heterocycles. The molecule has 0 heterocycles. The van der Waals surface area contributed by atoms with Gasteiger partial charge in [0, 0.05) is 5.57 Å². The van der Waals surface area contributed by atoms with Crippen LogP contribution in [-0.2, 0) is 4.79 Å². The molecule has 0 saturated carbocycles. The SMILES string of the molecule is C=C(C)C(=O)O.CCCCCCCCCC. The summed E-state index contributed by atoms with van der Waals surface area (Å²) < 4.78 is 0. The van der Waals surface area contributed by atoms with Crippen molar-refractivity contribution in [2.45, 2.75) is 72.1 Å². The van der Waals surface area contributed by atoms with Crippen molar-refractivity contribution in [3.8, 4) is 0 Å². The van der Waals surface area contributed by atoms with Crippen LogP contribution in [0, 0.1) is 0 Å². The molecule has 0 aliphatic rings. The van der Waals surface area contributed by atoms with Crippen LogP contribution in [0.2, 0.25) is 0 Å². The van der Waals surface area contributed by atoms with Crippen molar-refractivity contribution < 1.29 is 9.90 Å². The Morgan fingerprint density at radius 2 is 1.19 bits per heavy atom. The number of carboxylic acids is 1. The van der Waals surface area contributed by atoms with Crippen LogP contribution in [0.3, 0.4) is 0 Å². The molecule has 0 atom stereocenters. The topological polar surface area (TPSA) is 37.3 Å². The van der Waals surface area contributed by atoms with Gasteiger partial charge in [-0.05, 0) is 6.92 Å². The van der Waals surface area contributed by atoms with Gasteiger partial charge >= 0.3 is 5.97 Å². The van der Waals surface area contributed by atoms with Gasteiger partial charge in [0.05, 0.1) is 0 Å². The van der Waals surface area contributed by atoms with E-state index in [1.807, 2.05) is 0 Å². The smallest absolute Gasteiger partial charge is 0.330 e. The van der Waals surface area contributed by atoms with E-state index < -0.39 is 5.97 Å². The van der Waals surface area contributed by atoms with Gasteiger partial charge in [0.15, 0.2) is 0 Å². The predicted molar refractivity (Wildman–Crippen MR) is 70.7 cm³/mol. The second kappa shape index (κ2) is 14.2. The van der Waals surface area contributed by atoms with Gasteiger partial charge in [-0.2, -0.15) is 0 Å². The molecule has 0 aliphatic carbocycles. The van der Waals surface area contributed by atoms with Gasteiger partial charge in [-0.25, -0.2) is 4.79 Å². The zero-order valence-electron chi connectivity index (χ0n) is 11.2. The lowest BCUT2D eigenvalue weighted by Gasteiger charge is -1.97. The lowest BCUT2D eigenvalue weighted by molar-refractivity contribution is -0.132. The summed E-state index contributed by atoms with van der Waals surface area (Å²) in [6.07, 6.45) is 11.5. The van der Waals surface area contributed by atoms with Gasteiger partial charge in [0.1, 0.15) is 0 Å². The molecule has 0 bridgehead atoms. The fraction of sp³-hybridized carbons (Fsp3) is 0.786. The largest absolute Gasteiger partial charge is 0.478 e. The van der Waals surface area contributed by atoms with Crippen LogP contribution < -0.4 is 0 Å². The predicted octanol–water partition coefficient (Wildman–Crippen LogP) is 4.79. The first-order valence-electron chi connectivity index (χ1n) is 6.45. The fourth-order valence-corrected chi connectivity index (χ4v) is 1.21. The van der Waals surface area contributed by atoms with Crippen LogP contribution in [0.15, 0.2) is 12.2 Å². The Morgan fingerprint density at radius 3 is 1.38 bits per heavy atom. The molecule has 1 N–H and O–H groups in total. The molecule has 0 aromatic rings. The summed E-state index contributed by atoms with van der Waals surface area (Å²) >= 11 is 0. The zero-order chi connectivity index (χ0) is 12.8. The highest BCUT2D eigenvalue weighted by Gasteiger charge is 1.90. The third-order valence-corrected chi connectivity index (χ3v) is 2.32. The van der Waals surface area contributed by atoms with E-state index in [0.717, 1.165) is 0 Å². The minimum Gasteiger partial charge on any atom is -0.478 e. The van der Waals surface area contributed by atoms with E-state index >= 15 is 0 Å². The van der Waals surface area contributed by atoms with Crippen LogP contribution >= 0.6 is 0 Å². The third-order valence-electron chi connectivity index (χ3n) is 2.32. The molecule has 0 spiro atoms. The first-order chi connectivity index (χ1) is 7.56. The van der Waals surface area contributed by atoms with E-state index in [4.69, 9.17) is 5.11 Å². The minimum atomic E-state index is -0.935. The number of hydrogen-bond donors (Lipinski definition) is 1. The number of aliphatic carboxylic acids is 1. The second-order valence-electron chi connectivity index (χ2n) is 4.21. The number of hydrogen-bond acceptors (Lipinski definition) is 1. The van der Waals surface area contributed by atoms with Crippen molar-refractivity contribution in [1.29, 1.82) is 0 Å². The Kier molecular flexibility index (Phi) is 15.6. The molecule has 96 valence electrons. The molecule has 0 amide bonds. The molecule has 16 heavy (non-hydrogen) atoms. The van der Waals surface area contributed by atoms with Crippen molar-refractivity contribution in [3.05, 3.63) is 12.2 Å². The molecule has 2 nitrogen and oxygen atoms in total. The number of rotatable bonds is 8. The third kappa shape index (κ3) is 18.9.